The van der Waals surface area contributed by atoms with Crippen molar-refractivity contribution in [1.82, 2.24) is 10.2 Å². The van der Waals surface area contributed by atoms with Gasteiger partial charge in [0.1, 0.15) is 12.4 Å². The number of guanidine groups is 1. The minimum absolute atomic E-state index is 0.227. The van der Waals surface area contributed by atoms with Crippen molar-refractivity contribution in [2.24, 2.45) is 16.6 Å². The van der Waals surface area contributed by atoms with E-state index in [4.69, 9.17) is 10.5 Å². The average molecular weight is 395 g/mol. The Morgan fingerprint density at radius 1 is 1.17 bits per heavy atom. The van der Waals surface area contributed by atoms with Crippen LogP contribution < -0.4 is 15.8 Å². The van der Waals surface area contributed by atoms with Crippen LogP contribution in [-0.4, -0.2) is 36.9 Å². The van der Waals surface area contributed by atoms with Gasteiger partial charge in [0.25, 0.3) is 0 Å². The van der Waals surface area contributed by atoms with Gasteiger partial charge in [-0.2, -0.15) is 0 Å². The molecule has 1 heterocycles. The Balaban J connectivity index is 1.48. The third-order valence-electron chi connectivity index (χ3n) is 5.14. The van der Waals surface area contributed by atoms with Crippen molar-refractivity contribution in [3.8, 4) is 5.75 Å². The molecule has 0 aromatic heterocycles. The molecule has 6 nitrogen and oxygen atoms in total. The molecule has 3 rings (SSSR count). The molecule has 1 saturated heterocycles. The zero-order chi connectivity index (χ0) is 20.5. The highest BCUT2D eigenvalue weighted by Gasteiger charge is 2.23. The normalized spacial score (nSPS) is 17.1. The second-order valence-corrected chi connectivity index (χ2v) is 7.44. The van der Waals surface area contributed by atoms with E-state index in [2.05, 4.69) is 39.5 Å². The van der Waals surface area contributed by atoms with Crippen LogP contribution in [-0.2, 0) is 17.9 Å². The minimum Gasteiger partial charge on any atom is -0.489 e. The lowest BCUT2D eigenvalue weighted by Gasteiger charge is -2.34. The predicted molar refractivity (Wildman–Crippen MR) is 116 cm³/mol. The molecule has 0 aliphatic carbocycles. The number of rotatable bonds is 7. The summed E-state index contributed by atoms with van der Waals surface area (Å²) in [5.41, 5.74) is 7.67. The second kappa shape index (κ2) is 10.5. The van der Waals surface area contributed by atoms with E-state index in [1.807, 2.05) is 30.3 Å². The molecule has 0 spiro atoms. The van der Waals surface area contributed by atoms with Crippen LogP contribution in [0.1, 0.15) is 30.4 Å². The summed E-state index contributed by atoms with van der Waals surface area (Å²) in [6, 6.07) is 18.2. The van der Waals surface area contributed by atoms with Gasteiger partial charge in [0, 0.05) is 33.1 Å². The second-order valence-electron chi connectivity index (χ2n) is 7.44. The number of primary amides is 1. The lowest BCUT2D eigenvalue weighted by Crippen LogP contribution is -2.46. The molecule has 29 heavy (non-hydrogen) atoms. The van der Waals surface area contributed by atoms with Crippen LogP contribution in [0.4, 0.5) is 0 Å². The number of hydrogen-bond donors (Lipinski definition) is 2. The first kappa shape index (κ1) is 20.7. The van der Waals surface area contributed by atoms with E-state index in [-0.39, 0.29) is 5.91 Å². The molecule has 154 valence electrons. The smallest absolute Gasteiger partial charge is 0.217 e. The maximum Gasteiger partial charge on any atom is 0.217 e. The zero-order valence-electron chi connectivity index (χ0n) is 17.0. The number of benzene rings is 2. The zero-order valence-corrected chi connectivity index (χ0v) is 17.0. The van der Waals surface area contributed by atoms with Crippen LogP contribution in [0.2, 0.25) is 0 Å². The van der Waals surface area contributed by atoms with Crippen molar-refractivity contribution in [3.63, 3.8) is 0 Å². The lowest BCUT2D eigenvalue weighted by atomic mass is 9.95. The first-order valence-electron chi connectivity index (χ1n) is 10.1. The highest BCUT2D eigenvalue weighted by atomic mass is 16.5. The van der Waals surface area contributed by atoms with Crippen LogP contribution >= 0.6 is 0 Å². The Morgan fingerprint density at radius 3 is 2.62 bits per heavy atom. The molecule has 1 aliphatic heterocycles. The number of piperidine rings is 1. The summed E-state index contributed by atoms with van der Waals surface area (Å²) >= 11 is 0. The number of nitrogens with zero attached hydrogens (tertiary/aromatic N) is 2. The molecule has 0 bridgehead atoms. The molecule has 6 heteroatoms. The summed E-state index contributed by atoms with van der Waals surface area (Å²) < 4.78 is 5.84. The van der Waals surface area contributed by atoms with E-state index < -0.39 is 0 Å². The third kappa shape index (κ3) is 6.52. The van der Waals surface area contributed by atoms with Gasteiger partial charge in [0.15, 0.2) is 5.96 Å². The van der Waals surface area contributed by atoms with Gasteiger partial charge in [-0.05, 0) is 42.0 Å². The summed E-state index contributed by atoms with van der Waals surface area (Å²) in [4.78, 5) is 17.9. The SMILES string of the molecule is CN=C(NCc1ccc(OCc2ccccc2)cc1)N1CCCC(CC(N)=O)C1. The summed E-state index contributed by atoms with van der Waals surface area (Å²) in [6.07, 6.45) is 2.53. The quantitative estimate of drug-likeness (QED) is 0.559. The minimum atomic E-state index is -0.227. The van der Waals surface area contributed by atoms with Crippen molar-refractivity contribution in [1.29, 1.82) is 0 Å². The number of likely N-dealkylation sites (tertiary alicyclic amines) is 1. The van der Waals surface area contributed by atoms with E-state index in [1.54, 1.807) is 7.05 Å². The van der Waals surface area contributed by atoms with E-state index in [0.29, 0.717) is 25.5 Å². The molecular formula is C23H30N4O2. The topological polar surface area (TPSA) is 80.0 Å². The van der Waals surface area contributed by atoms with Gasteiger partial charge >= 0.3 is 0 Å². The Bertz CT molecular complexity index is 805. The summed E-state index contributed by atoms with van der Waals surface area (Å²) in [7, 11) is 1.79. The number of amides is 1. The number of nitrogens with one attached hydrogen (secondary N) is 1. The molecular weight excluding hydrogens is 364 g/mol. The van der Waals surface area contributed by atoms with Crippen molar-refractivity contribution in [2.75, 3.05) is 20.1 Å². The Hall–Kier alpha value is -3.02. The number of nitrogens with two attached hydrogens (primary N) is 1. The summed E-state index contributed by atoms with van der Waals surface area (Å²) in [6.45, 7) is 3.01. The van der Waals surface area contributed by atoms with E-state index in [1.165, 1.54) is 0 Å². The maximum absolute atomic E-state index is 11.2. The van der Waals surface area contributed by atoms with Crippen LogP contribution in [0.25, 0.3) is 0 Å². The summed E-state index contributed by atoms with van der Waals surface area (Å²) in [5, 5.41) is 3.43. The molecule has 1 atom stereocenters. The monoisotopic (exact) mass is 394 g/mol. The number of ether oxygens (including phenoxy) is 1. The largest absolute Gasteiger partial charge is 0.489 e. The lowest BCUT2D eigenvalue weighted by molar-refractivity contribution is -0.119. The average Bonchev–Trinajstić information content (AvgIpc) is 2.74. The van der Waals surface area contributed by atoms with Crippen LogP contribution in [0.15, 0.2) is 59.6 Å². The fraction of sp³-hybridized carbons (Fsp3) is 0.391. The molecule has 0 radical (unpaired) electrons. The van der Waals surface area contributed by atoms with Gasteiger partial charge in [0.05, 0.1) is 0 Å². The van der Waals surface area contributed by atoms with Gasteiger partial charge in [-0.25, -0.2) is 0 Å². The van der Waals surface area contributed by atoms with Gasteiger partial charge in [0.2, 0.25) is 5.91 Å². The molecule has 1 fully saturated rings. The Kier molecular flexibility index (Phi) is 7.50. The van der Waals surface area contributed by atoms with Crippen LogP contribution in [0, 0.1) is 5.92 Å². The highest BCUT2D eigenvalue weighted by molar-refractivity contribution is 5.80. The molecule has 0 saturated carbocycles. The molecule has 1 unspecified atom stereocenters. The van der Waals surface area contributed by atoms with Crippen molar-refractivity contribution >= 4 is 11.9 Å². The van der Waals surface area contributed by atoms with Gasteiger partial charge in [-0.3, -0.25) is 9.79 Å². The van der Waals surface area contributed by atoms with E-state index in [0.717, 1.165) is 48.8 Å². The molecule has 3 N–H and O–H groups in total. The molecule has 2 aromatic carbocycles. The van der Waals surface area contributed by atoms with Crippen molar-refractivity contribution in [3.05, 3.63) is 65.7 Å². The van der Waals surface area contributed by atoms with E-state index in [9.17, 15) is 4.79 Å². The standard InChI is InChI=1S/C23H30N4O2/c1-25-23(27-13-5-8-20(16-27)14-22(24)28)26-15-18-9-11-21(12-10-18)29-17-19-6-3-2-4-7-19/h2-4,6-7,9-12,20H,5,8,13-17H2,1H3,(H2,24,28)(H,25,26). The number of carbonyl (C=O) groups is 1. The molecule has 1 amide bonds. The van der Waals surface area contributed by atoms with Crippen LogP contribution in [0.3, 0.4) is 0 Å². The number of aliphatic imine (C=N–C) groups is 1. The van der Waals surface area contributed by atoms with Crippen molar-refractivity contribution < 1.29 is 9.53 Å². The van der Waals surface area contributed by atoms with Crippen molar-refractivity contribution in [2.45, 2.75) is 32.4 Å². The van der Waals surface area contributed by atoms with E-state index >= 15 is 0 Å². The fourth-order valence-corrected chi connectivity index (χ4v) is 3.67. The molecule has 1 aliphatic rings. The summed E-state index contributed by atoms with van der Waals surface area (Å²) in [5.74, 6) is 1.80. The van der Waals surface area contributed by atoms with Crippen LogP contribution in [0.5, 0.6) is 5.75 Å². The first-order chi connectivity index (χ1) is 14.1. The van der Waals surface area contributed by atoms with Gasteiger partial charge in [-0.1, -0.05) is 42.5 Å². The van der Waals surface area contributed by atoms with Gasteiger partial charge in [-0.15, -0.1) is 0 Å². The van der Waals surface area contributed by atoms with Gasteiger partial charge < -0.3 is 20.7 Å². The third-order valence-corrected chi connectivity index (χ3v) is 5.14. The number of hydrogen-bond acceptors (Lipinski definition) is 3. The first-order valence-corrected chi connectivity index (χ1v) is 10.1. The fourth-order valence-electron chi connectivity index (χ4n) is 3.67. The predicted octanol–water partition coefficient (Wildman–Crippen LogP) is 2.93. The maximum atomic E-state index is 11.2. The molecule has 2 aromatic rings. The number of carbonyl (C=O) groups excluding carboxylic acids is 1. The Morgan fingerprint density at radius 2 is 1.93 bits per heavy atom. The highest BCUT2D eigenvalue weighted by Crippen LogP contribution is 2.19. The Labute approximate surface area is 172 Å².